The van der Waals surface area contributed by atoms with Crippen LogP contribution < -0.4 is 20.8 Å². The summed E-state index contributed by atoms with van der Waals surface area (Å²) in [5, 5.41) is 25.5. The molecule has 10 radical (unpaired) electrons. The van der Waals surface area contributed by atoms with Crippen molar-refractivity contribution in [3.63, 3.8) is 0 Å². The fraction of sp³-hybridized carbons (Fsp3) is 0.190. The molecule has 0 saturated heterocycles. The molecule has 3 rings (SSSR count). The first kappa shape index (κ1) is 40.4. The number of carboxylic acid groups (broad SMARTS) is 2. The van der Waals surface area contributed by atoms with Gasteiger partial charge in [-0.15, -0.1) is 0 Å². The number of nitrogens with two attached hydrogens (primary N) is 1. The van der Waals surface area contributed by atoms with Crippen LogP contribution in [-0.2, 0) is 9.59 Å². The molecule has 204 valence electrons. The molecule has 0 aliphatic heterocycles. The van der Waals surface area contributed by atoms with Gasteiger partial charge in [0, 0.05) is 75.0 Å². The molecular weight excluding hydrogens is 655 g/mol. The number of nitrogen functional groups attached to an aromatic ring is 1. The largest absolute Gasteiger partial charge is 0.507 e. The van der Waals surface area contributed by atoms with Crippen LogP contribution in [0.3, 0.4) is 0 Å². The number of hydrogen-bond acceptors (Lipinski definition) is 7. The third kappa shape index (κ3) is 15.7. The third-order valence-corrected chi connectivity index (χ3v) is 5.94. The molecule has 0 amide bonds. The number of H-pyrrole nitrogens is 1. The van der Waals surface area contributed by atoms with E-state index in [1.165, 1.54) is 14.2 Å². The smallest absolute Gasteiger partial charge is 0.314 e. The van der Waals surface area contributed by atoms with Crippen LogP contribution in [0.1, 0.15) is 13.8 Å². The summed E-state index contributed by atoms with van der Waals surface area (Å²) in [6.07, 6.45) is -1.58. The molecule has 0 spiro atoms. The fourth-order valence-corrected chi connectivity index (χ4v) is 3.58. The summed E-state index contributed by atoms with van der Waals surface area (Å²) in [7, 11) is 26.6. The van der Waals surface area contributed by atoms with Crippen LogP contribution in [0.25, 0.3) is 10.9 Å². The molecule has 0 fully saturated rings. The van der Waals surface area contributed by atoms with Gasteiger partial charge < -0.3 is 35.5 Å². The number of pyridine rings is 1. The number of fused-ring (bicyclic) bond motifs is 1. The van der Waals surface area contributed by atoms with Crippen molar-refractivity contribution in [3.05, 3.63) is 55.7 Å². The Hall–Kier alpha value is -2.73. The fourth-order valence-electron chi connectivity index (χ4n) is 2.55. The summed E-state index contributed by atoms with van der Waals surface area (Å²) >= 11 is 6.59. The number of carbonyl (C=O) groups is 2. The molecule has 1 heterocycles. The van der Waals surface area contributed by atoms with E-state index in [1.54, 1.807) is 26.3 Å². The average molecular weight is 679 g/mol. The minimum absolute atomic E-state index is 0. The lowest BCUT2D eigenvalue weighted by molar-refractivity contribution is -0.147. The van der Waals surface area contributed by atoms with Crippen molar-refractivity contribution >= 4 is 118 Å². The van der Waals surface area contributed by atoms with Gasteiger partial charge in [-0.1, -0.05) is 13.5 Å². The second-order valence-electron chi connectivity index (χ2n) is 7.39. The molecule has 2 aromatic carbocycles. The molecule has 0 unspecified atom stereocenters. The predicted octanol–water partition coefficient (Wildman–Crippen LogP) is 1.18. The van der Waals surface area contributed by atoms with Crippen molar-refractivity contribution in [2.75, 3.05) is 20.0 Å². The van der Waals surface area contributed by atoms with Gasteiger partial charge >= 0.3 is 11.9 Å². The van der Waals surface area contributed by atoms with Crippen molar-refractivity contribution < 1.29 is 34.4 Å². The molecule has 20 heteroatoms. The van der Waals surface area contributed by atoms with Gasteiger partial charge in [0.25, 0.3) is 5.56 Å². The first-order chi connectivity index (χ1) is 18.7. The Labute approximate surface area is 263 Å². The van der Waals surface area contributed by atoms with Gasteiger partial charge in [-0.2, -0.15) is 0 Å². The number of hydrogen-bond donors (Lipinski definition) is 5. The van der Waals surface area contributed by atoms with E-state index in [0.29, 0.717) is 26.8 Å². The zero-order valence-electron chi connectivity index (χ0n) is 21.5. The lowest BCUT2D eigenvalue weighted by atomic mass is 8.77. The number of nitrogens with one attached hydrogen (secondary N) is 1. The molecule has 1 aromatic heterocycles. The second kappa shape index (κ2) is 21.0. The third-order valence-electron chi connectivity index (χ3n) is 4.30. The number of halogens is 2. The molecule has 0 bridgehead atoms. The zero-order valence-corrected chi connectivity index (χ0v) is 24.7. The highest BCUT2D eigenvalue weighted by Crippen LogP contribution is 2.34. The SMILES string of the molecule is C.COc1ccc2c(O)cc(=O)[nH]c2c1Br.COc1cccc(N)c1Br.O=C(O)CC(=O)O.[B][B]B([B])[B]B([B])[B]. The highest BCUT2D eigenvalue weighted by atomic mass is 79.9. The van der Waals surface area contributed by atoms with Gasteiger partial charge in [0.15, 0.2) is 0 Å². The number of anilines is 1. The minimum atomic E-state index is -1.31. The number of methoxy groups -OCH3 is 2. The lowest BCUT2D eigenvalue weighted by Gasteiger charge is -2.07. The van der Waals surface area contributed by atoms with E-state index in [4.69, 9.17) is 56.4 Å². The Morgan fingerprint density at radius 2 is 1.56 bits per heavy atom. The maximum absolute atomic E-state index is 11.2. The molecular formula is C21H24B8Br2N2O8. The van der Waals surface area contributed by atoms with Crippen LogP contribution in [0.4, 0.5) is 5.69 Å². The number of aromatic nitrogens is 1. The number of ether oxygens (including phenoxy) is 2. The molecule has 0 atom stereocenters. The lowest BCUT2D eigenvalue weighted by Crippen LogP contribution is -2.42. The topological polar surface area (TPSA) is 172 Å². The number of carboxylic acids is 2. The Bertz CT molecular complexity index is 1310. The highest BCUT2D eigenvalue weighted by Gasteiger charge is 2.09. The summed E-state index contributed by atoms with van der Waals surface area (Å²) in [6.45, 7) is 0. The summed E-state index contributed by atoms with van der Waals surface area (Å²) in [6, 6.07) is 10.0. The normalized spacial score (nSPS) is 8.98. The van der Waals surface area contributed by atoms with E-state index in [0.717, 1.165) is 16.3 Å². The molecule has 10 nitrogen and oxygen atoms in total. The number of rotatable bonds is 7. The summed E-state index contributed by atoms with van der Waals surface area (Å²) in [5.41, 5.74) is 6.44. The molecule has 0 saturated carbocycles. The summed E-state index contributed by atoms with van der Waals surface area (Å²) in [5.74, 6) is -1.30. The Balaban J connectivity index is 0. The molecule has 41 heavy (non-hydrogen) atoms. The van der Waals surface area contributed by atoms with Gasteiger partial charge in [0.05, 0.1) is 28.7 Å². The zero-order chi connectivity index (χ0) is 31.0. The molecule has 0 aliphatic carbocycles. The highest BCUT2D eigenvalue weighted by molar-refractivity contribution is 9.11. The summed E-state index contributed by atoms with van der Waals surface area (Å²) in [4.78, 5) is 32.7. The van der Waals surface area contributed by atoms with E-state index in [9.17, 15) is 19.5 Å². The monoisotopic (exact) mass is 678 g/mol. The first-order valence-corrected chi connectivity index (χ1v) is 12.5. The van der Waals surface area contributed by atoms with E-state index in [2.05, 4.69) is 36.8 Å². The maximum Gasteiger partial charge on any atom is 0.314 e. The Kier molecular flexibility index (Phi) is 20.7. The Morgan fingerprint density at radius 3 is 1.95 bits per heavy atom. The standard InChI is InChI=1S/C10H8BrNO3.C7H8BrNO.C3H4O4.CH4.B8/c1-15-7-3-2-5-6(13)4-8(14)12-10(5)9(7)11;1-10-6-4-2-3-5(9)7(6)8;4-2(5)1-3(6)7;;1-5-8(4)6-7(2)3/h2-4H,1H3,(H2,12,13,14);2-4H,9H2,1H3;1H2,(H,4,5)(H,6,7);1H4;. The van der Waals surface area contributed by atoms with Crippen LogP contribution >= 0.6 is 31.9 Å². The van der Waals surface area contributed by atoms with Crippen molar-refractivity contribution in [1.82, 2.24) is 4.98 Å². The molecule has 3 aromatic rings. The molecule has 0 aliphatic rings. The van der Waals surface area contributed by atoms with Crippen LogP contribution in [0.15, 0.2) is 50.1 Å². The van der Waals surface area contributed by atoms with Crippen molar-refractivity contribution in [3.8, 4) is 17.2 Å². The van der Waals surface area contributed by atoms with E-state index < -0.39 is 24.7 Å². The quantitative estimate of drug-likeness (QED) is 0.140. The Morgan fingerprint density at radius 1 is 1.02 bits per heavy atom. The number of aliphatic carboxylic acids is 2. The minimum Gasteiger partial charge on any atom is -0.507 e. The summed E-state index contributed by atoms with van der Waals surface area (Å²) < 4.78 is 11.5. The van der Waals surface area contributed by atoms with Crippen molar-refractivity contribution in [2.24, 2.45) is 0 Å². The predicted molar refractivity (Wildman–Crippen MR) is 178 cm³/mol. The van der Waals surface area contributed by atoms with Crippen molar-refractivity contribution in [1.29, 1.82) is 0 Å². The van der Waals surface area contributed by atoms with Crippen LogP contribution in [0, 0.1) is 0 Å². The van der Waals surface area contributed by atoms with E-state index in [-0.39, 0.29) is 25.1 Å². The van der Waals surface area contributed by atoms with Crippen LogP contribution in [0.2, 0.25) is 0 Å². The number of aromatic hydroxyl groups is 1. The average Bonchev–Trinajstić information content (AvgIpc) is 2.86. The van der Waals surface area contributed by atoms with E-state index >= 15 is 0 Å². The van der Waals surface area contributed by atoms with Gasteiger partial charge in [-0.05, 0) is 56.1 Å². The maximum atomic E-state index is 11.2. The first-order valence-electron chi connectivity index (χ1n) is 10.9. The molecule has 6 N–H and O–H groups in total. The van der Waals surface area contributed by atoms with Gasteiger partial charge in [0.2, 0.25) is 0 Å². The second-order valence-corrected chi connectivity index (χ2v) is 8.98. The number of benzene rings is 2. The van der Waals surface area contributed by atoms with Crippen LogP contribution in [-0.4, -0.2) is 104 Å². The van der Waals surface area contributed by atoms with Crippen LogP contribution in [0.5, 0.6) is 17.2 Å². The van der Waals surface area contributed by atoms with E-state index in [1.807, 2.05) is 18.2 Å². The van der Waals surface area contributed by atoms with Gasteiger partial charge in [-0.25, -0.2) is 0 Å². The van der Waals surface area contributed by atoms with Crippen molar-refractivity contribution in [2.45, 2.75) is 13.8 Å². The van der Waals surface area contributed by atoms with Gasteiger partial charge in [0.1, 0.15) is 23.7 Å². The number of aromatic amines is 1. The van der Waals surface area contributed by atoms with Gasteiger partial charge in [-0.3, -0.25) is 14.4 Å².